The first-order valence-corrected chi connectivity index (χ1v) is 9.24. The molecule has 0 aromatic carbocycles. The smallest absolute Gasteiger partial charge is 0.316 e. The van der Waals surface area contributed by atoms with Crippen LogP contribution >= 0.6 is 15.9 Å². The van der Waals surface area contributed by atoms with Crippen LogP contribution in [0.4, 0.5) is 5.82 Å². The topological polar surface area (TPSA) is 86.5 Å². The fraction of sp³-hybridized carbons (Fsp3) is 0.412. The summed E-state index contributed by atoms with van der Waals surface area (Å²) in [5.74, 6) is 1.29. The third-order valence-corrected chi connectivity index (χ3v) is 4.99. The van der Waals surface area contributed by atoms with Crippen molar-refractivity contribution in [2.45, 2.75) is 25.3 Å². The van der Waals surface area contributed by atoms with Crippen molar-refractivity contribution in [3.8, 4) is 6.01 Å². The second-order valence-electron chi connectivity index (χ2n) is 6.11. The number of nitrogens with one attached hydrogen (secondary N) is 1. The molecule has 4 heterocycles. The van der Waals surface area contributed by atoms with E-state index in [0.717, 1.165) is 53.3 Å². The van der Waals surface area contributed by atoms with E-state index in [9.17, 15) is 0 Å². The summed E-state index contributed by atoms with van der Waals surface area (Å²) < 4.78 is 13.2. The molecule has 4 rings (SSSR count). The summed E-state index contributed by atoms with van der Waals surface area (Å²) in [6.45, 7) is 2.14. The predicted molar refractivity (Wildman–Crippen MR) is 99.4 cm³/mol. The Labute approximate surface area is 159 Å². The predicted octanol–water partition coefficient (Wildman–Crippen LogP) is 2.80. The fourth-order valence-electron chi connectivity index (χ4n) is 3.02. The Hall–Kier alpha value is -2.26. The van der Waals surface area contributed by atoms with Crippen molar-refractivity contribution in [3.05, 3.63) is 40.4 Å². The summed E-state index contributed by atoms with van der Waals surface area (Å²) in [5.41, 5.74) is 2.83. The van der Waals surface area contributed by atoms with Gasteiger partial charge >= 0.3 is 6.01 Å². The second-order valence-corrected chi connectivity index (χ2v) is 6.97. The van der Waals surface area contributed by atoms with Crippen molar-refractivity contribution >= 4 is 27.4 Å². The first-order valence-electron chi connectivity index (χ1n) is 8.45. The molecule has 0 spiro atoms. The van der Waals surface area contributed by atoms with E-state index in [1.54, 1.807) is 30.2 Å². The zero-order valence-corrected chi connectivity index (χ0v) is 15.9. The van der Waals surface area contributed by atoms with Gasteiger partial charge in [0.1, 0.15) is 5.82 Å². The maximum absolute atomic E-state index is 5.48. The summed E-state index contributed by atoms with van der Waals surface area (Å²) in [4.78, 5) is 13.1. The van der Waals surface area contributed by atoms with Crippen LogP contribution in [0.1, 0.15) is 30.0 Å². The summed E-state index contributed by atoms with van der Waals surface area (Å²) in [6.07, 6.45) is 7.23. The number of methoxy groups -OCH3 is 1. The van der Waals surface area contributed by atoms with E-state index in [0.29, 0.717) is 18.5 Å². The molecule has 1 saturated heterocycles. The molecule has 136 valence electrons. The Morgan fingerprint density at radius 2 is 2.04 bits per heavy atom. The van der Waals surface area contributed by atoms with Crippen LogP contribution in [0.2, 0.25) is 0 Å². The number of rotatable bonds is 5. The molecule has 1 aliphatic heterocycles. The summed E-state index contributed by atoms with van der Waals surface area (Å²) in [6, 6.07) is 2.44. The van der Waals surface area contributed by atoms with Crippen LogP contribution in [-0.2, 0) is 11.3 Å². The highest BCUT2D eigenvalue weighted by Gasteiger charge is 2.20. The van der Waals surface area contributed by atoms with Crippen LogP contribution < -0.4 is 10.1 Å². The van der Waals surface area contributed by atoms with E-state index in [1.807, 2.05) is 0 Å². The van der Waals surface area contributed by atoms with Gasteiger partial charge in [0.05, 0.1) is 17.8 Å². The van der Waals surface area contributed by atoms with Crippen LogP contribution in [0.3, 0.4) is 0 Å². The highest BCUT2D eigenvalue weighted by molar-refractivity contribution is 9.10. The van der Waals surface area contributed by atoms with E-state index < -0.39 is 0 Å². The molecule has 26 heavy (non-hydrogen) atoms. The van der Waals surface area contributed by atoms with Crippen molar-refractivity contribution in [1.29, 1.82) is 0 Å². The molecule has 1 N–H and O–H groups in total. The molecule has 0 unspecified atom stereocenters. The van der Waals surface area contributed by atoms with Crippen LogP contribution in [0.5, 0.6) is 6.01 Å². The van der Waals surface area contributed by atoms with Gasteiger partial charge in [-0.05, 0) is 28.8 Å². The molecule has 9 heteroatoms. The SMILES string of the molecule is COc1ncc(CNc2cc(C3CCOCC3)nc3c(Br)cnn23)cn1. The van der Waals surface area contributed by atoms with Gasteiger partial charge in [0, 0.05) is 55.4 Å². The molecule has 1 aliphatic rings. The van der Waals surface area contributed by atoms with E-state index in [2.05, 4.69) is 42.4 Å². The van der Waals surface area contributed by atoms with Crippen molar-refractivity contribution in [2.75, 3.05) is 25.6 Å². The van der Waals surface area contributed by atoms with Crippen molar-refractivity contribution < 1.29 is 9.47 Å². The Bertz CT molecular complexity index is 892. The Balaban J connectivity index is 1.61. The average Bonchev–Trinajstić information content (AvgIpc) is 3.08. The molecule has 0 aliphatic carbocycles. The molecule has 8 nitrogen and oxygen atoms in total. The lowest BCUT2D eigenvalue weighted by Crippen LogP contribution is -2.16. The molecular formula is C17H19BrN6O2. The molecule has 0 atom stereocenters. The lowest BCUT2D eigenvalue weighted by Gasteiger charge is -2.22. The van der Waals surface area contributed by atoms with Gasteiger partial charge in [-0.1, -0.05) is 0 Å². The lowest BCUT2D eigenvalue weighted by atomic mass is 9.96. The normalized spacial score (nSPS) is 15.3. The lowest BCUT2D eigenvalue weighted by molar-refractivity contribution is 0.0845. The molecule has 1 fully saturated rings. The van der Waals surface area contributed by atoms with Crippen LogP contribution in [0.15, 0.2) is 29.1 Å². The van der Waals surface area contributed by atoms with Crippen molar-refractivity contribution in [1.82, 2.24) is 24.6 Å². The van der Waals surface area contributed by atoms with E-state index in [4.69, 9.17) is 14.5 Å². The number of hydrogen-bond acceptors (Lipinski definition) is 7. The molecule has 0 saturated carbocycles. The monoisotopic (exact) mass is 418 g/mol. The van der Waals surface area contributed by atoms with Crippen LogP contribution in [0.25, 0.3) is 5.65 Å². The maximum Gasteiger partial charge on any atom is 0.316 e. The summed E-state index contributed by atoms with van der Waals surface area (Å²) >= 11 is 3.54. The Kier molecular flexibility index (Phi) is 4.98. The number of hydrogen-bond donors (Lipinski definition) is 1. The van der Waals surface area contributed by atoms with Crippen LogP contribution in [0, 0.1) is 0 Å². The fourth-order valence-corrected chi connectivity index (χ4v) is 3.36. The number of halogens is 1. The average molecular weight is 419 g/mol. The van der Waals surface area contributed by atoms with E-state index in [-0.39, 0.29) is 0 Å². The largest absolute Gasteiger partial charge is 0.467 e. The van der Waals surface area contributed by atoms with Crippen LogP contribution in [-0.4, -0.2) is 44.9 Å². The minimum atomic E-state index is 0.359. The Morgan fingerprint density at radius 3 is 2.77 bits per heavy atom. The minimum Gasteiger partial charge on any atom is -0.467 e. The van der Waals surface area contributed by atoms with Gasteiger partial charge in [-0.15, -0.1) is 0 Å². The number of nitrogens with zero attached hydrogens (tertiary/aromatic N) is 5. The Morgan fingerprint density at radius 1 is 1.27 bits per heavy atom. The zero-order chi connectivity index (χ0) is 17.9. The first kappa shape index (κ1) is 17.2. The summed E-state index contributed by atoms with van der Waals surface area (Å²) in [5, 5.41) is 7.83. The number of fused-ring (bicyclic) bond motifs is 1. The second kappa shape index (κ2) is 7.55. The van der Waals surface area contributed by atoms with E-state index >= 15 is 0 Å². The number of anilines is 1. The number of aromatic nitrogens is 5. The molecule has 0 amide bonds. The maximum atomic E-state index is 5.48. The third kappa shape index (κ3) is 3.49. The molecule has 3 aromatic rings. The van der Waals surface area contributed by atoms with Crippen molar-refractivity contribution in [2.24, 2.45) is 0 Å². The van der Waals surface area contributed by atoms with Gasteiger partial charge < -0.3 is 14.8 Å². The van der Waals surface area contributed by atoms with Gasteiger partial charge in [-0.3, -0.25) is 0 Å². The highest BCUT2D eigenvalue weighted by Crippen LogP contribution is 2.29. The number of ether oxygens (including phenoxy) is 2. The van der Waals surface area contributed by atoms with E-state index in [1.165, 1.54) is 0 Å². The zero-order valence-electron chi connectivity index (χ0n) is 14.4. The van der Waals surface area contributed by atoms with Gasteiger partial charge in [0.2, 0.25) is 0 Å². The van der Waals surface area contributed by atoms with Gasteiger partial charge in [-0.25, -0.2) is 15.0 Å². The van der Waals surface area contributed by atoms with Gasteiger partial charge in [-0.2, -0.15) is 9.61 Å². The van der Waals surface area contributed by atoms with Gasteiger partial charge in [0.25, 0.3) is 0 Å². The highest BCUT2D eigenvalue weighted by atomic mass is 79.9. The summed E-state index contributed by atoms with van der Waals surface area (Å²) in [7, 11) is 1.55. The first-order chi connectivity index (χ1) is 12.7. The quantitative estimate of drug-likeness (QED) is 0.681. The minimum absolute atomic E-state index is 0.359. The third-order valence-electron chi connectivity index (χ3n) is 4.43. The molecule has 0 radical (unpaired) electrons. The standard InChI is InChI=1S/C17H19BrN6O2/c1-25-17-20-8-11(9-21-17)7-19-15-6-14(12-2-4-26-5-3-12)23-16-13(18)10-22-24(15)16/h6,8-10,12,19H,2-5,7H2,1H3. The molecular weight excluding hydrogens is 400 g/mol. The molecule has 3 aromatic heterocycles. The molecule has 0 bridgehead atoms. The van der Waals surface area contributed by atoms with Gasteiger partial charge in [0.15, 0.2) is 5.65 Å². The van der Waals surface area contributed by atoms with Crippen molar-refractivity contribution in [3.63, 3.8) is 0 Å².